The number of halogens is 10. The van der Waals surface area contributed by atoms with E-state index >= 15 is 0 Å². The first-order valence-electron chi connectivity index (χ1n) is 13.4. The van der Waals surface area contributed by atoms with Crippen molar-refractivity contribution < 1.29 is 53.4 Å². The summed E-state index contributed by atoms with van der Waals surface area (Å²) < 4.78 is 149. The molecule has 2 unspecified atom stereocenters. The molecule has 0 aliphatic heterocycles. The van der Waals surface area contributed by atoms with Crippen LogP contribution < -0.4 is 4.74 Å². The van der Waals surface area contributed by atoms with Gasteiger partial charge in [-0.05, 0) is 43.0 Å². The Morgan fingerprint density at radius 2 is 1.48 bits per heavy atom. The second kappa shape index (κ2) is 13.2. The van der Waals surface area contributed by atoms with Crippen LogP contribution in [-0.2, 0) is 17.0 Å². The van der Waals surface area contributed by atoms with Gasteiger partial charge in [-0.3, -0.25) is 0 Å². The zero-order valence-corrected chi connectivity index (χ0v) is 23.0. The number of hydrogen-bond acceptors (Lipinski definition) is 2. The van der Waals surface area contributed by atoms with Gasteiger partial charge in [0.2, 0.25) is 0 Å². The topological polar surface area (TPSA) is 18.5 Å². The van der Waals surface area contributed by atoms with Gasteiger partial charge in [-0.25, -0.2) is 22.0 Å². The van der Waals surface area contributed by atoms with E-state index in [9.17, 15) is 43.9 Å². The van der Waals surface area contributed by atoms with Gasteiger partial charge in [0, 0.05) is 29.7 Å². The SMILES string of the molecule is CCCCOc1cc(F)c(C(F)(F)OC2=CCC(C#CC3=CCC(c4cc(F)c(C(F)(F)F)c(F)c4)C=C3)C(F)=C2)c(F)c1. The Kier molecular flexibility index (Phi) is 9.86. The normalized spacial score (nSPS) is 18.6. The van der Waals surface area contributed by atoms with Crippen LogP contribution in [0.2, 0.25) is 0 Å². The van der Waals surface area contributed by atoms with E-state index in [-0.39, 0.29) is 30.8 Å². The number of unbranched alkanes of at least 4 members (excludes halogenated alkanes) is 1. The van der Waals surface area contributed by atoms with Gasteiger partial charge >= 0.3 is 12.3 Å². The van der Waals surface area contributed by atoms with Crippen molar-refractivity contribution >= 4 is 0 Å². The molecule has 0 saturated heterocycles. The standard InChI is InChI=1S/C32H24F10O2/c1-2-3-12-43-23-16-27(36)30(28(37)17-23)32(41,42)44-22-11-10-20(24(33)15-22)9-6-18-4-7-19(8-5-18)21-13-25(34)29(26(35)14-21)31(38,39)40/h4-5,7,11,13-17,19-20H,2-3,8,10,12H2,1H3. The lowest BCUT2D eigenvalue weighted by molar-refractivity contribution is -0.225. The molecule has 12 heteroatoms. The van der Waals surface area contributed by atoms with Gasteiger partial charge in [-0.1, -0.05) is 43.4 Å². The average Bonchev–Trinajstić information content (AvgIpc) is 2.91. The zero-order valence-electron chi connectivity index (χ0n) is 23.0. The van der Waals surface area contributed by atoms with Gasteiger partial charge in [0.1, 0.15) is 51.7 Å². The van der Waals surface area contributed by atoms with Gasteiger partial charge in [0.15, 0.2) is 0 Å². The van der Waals surface area contributed by atoms with Crippen LogP contribution in [-0.4, -0.2) is 6.61 Å². The molecule has 2 aromatic rings. The highest BCUT2D eigenvalue weighted by Gasteiger charge is 2.42. The highest BCUT2D eigenvalue weighted by Crippen LogP contribution is 2.40. The number of rotatable bonds is 8. The number of allylic oxidation sites excluding steroid dienone is 7. The summed E-state index contributed by atoms with van der Waals surface area (Å²) in [7, 11) is 0. The molecule has 0 spiro atoms. The minimum atomic E-state index is -5.19. The van der Waals surface area contributed by atoms with E-state index in [1.54, 1.807) is 6.08 Å². The predicted molar refractivity (Wildman–Crippen MR) is 141 cm³/mol. The molecule has 2 atom stereocenters. The van der Waals surface area contributed by atoms with Crippen molar-refractivity contribution in [2.24, 2.45) is 5.92 Å². The van der Waals surface area contributed by atoms with E-state index in [1.807, 2.05) is 6.92 Å². The van der Waals surface area contributed by atoms with E-state index in [4.69, 9.17) is 4.74 Å². The molecule has 44 heavy (non-hydrogen) atoms. The first kappa shape index (κ1) is 32.8. The van der Waals surface area contributed by atoms with Crippen molar-refractivity contribution in [1.29, 1.82) is 0 Å². The molecule has 0 heterocycles. The van der Waals surface area contributed by atoms with Gasteiger partial charge in [-0.15, -0.1) is 0 Å². The monoisotopic (exact) mass is 630 g/mol. The second-order valence-electron chi connectivity index (χ2n) is 9.99. The van der Waals surface area contributed by atoms with Crippen LogP contribution in [0.4, 0.5) is 43.9 Å². The lowest BCUT2D eigenvalue weighted by Crippen LogP contribution is -2.22. The van der Waals surface area contributed by atoms with Gasteiger partial charge in [0.25, 0.3) is 0 Å². The largest absolute Gasteiger partial charge is 0.493 e. The van der Waals surface area contributed by atoms with Crippen molar-refractivity contribution in [2.45, 2.75) is 50.8 Å². The Labute approximate surface area is 246 Å². The van der Waals surface area contributed by atoms with E-state index in [0.717, 1.165) is 12.5 Å². The van der Waals surface area contributed by atoms with Crippen LogP contribution in [0.1, 0.15) is 55.2 Å². The lowest BCUT2D eigenvalue weighted by atomic mass is 9.89. The summed E-state index contributed by atoms with van der Waals surface area (Å²) in [6.45, 7) is 2.01. The maximum atomic E-state index is 14.7. The summed E-state index contributed by atoms with van der Waals surface area (Å²) in [6, 6.07) is 2.45. The Balaban J connectivity index is 1.39. The molecular weight excluding hydrogens is 606 g/mol. The second-order valence-corrected chi connectivity index (χ2v) is 9.99. The fraction of sp³-hybridized carbons (Fsp3) is 0.312. The molecule has 0 radical (unpaired) electrons. The van der Waals surface area contributed by atoms with Crippen LogP contribution >= 0.6 is 0 Å². The van der Waals surface area contributed by atoms with E-state index in [2.05, 4.69) is 16.6 Å². The molecule has 234 valence electrons. The number of hydrogen-bond donors (Lipinski definition) is 0. The van der Waals surface area contributed by atoms with Gasteiger partial charge < -0.3 is 9.47 Å². The summed E-state index contributed by atoms with van der Waals surface area (Å²) in [5.74, 6) is -4.93. The predicted octanol–water partition coefficient (Wildman–Crippen LogP) is 9.94. The van der Waals surface area contributed by atoms with Gasteiger partial charge in [0.05, 0.1) is 12.5 Å². The molecule has 0 bridgehead atoms. The molecule has 2 nitrogen and oxygen atoms in total. The van der Waals surface area contributed by atoms with Crippen molar-refractivity contribution in [3.63, 3.8) is 0 Å². The number of ether oxygens (including phenoxy) is 2. The first-order chi connectivity index (χ1) is 20.7. The summed E-state index contributed by atoms with van der Waals surface area (Å²) in [4.78, 5) is 0. The van der Waals surface area contributed by atoms with Crippen LogP contribution in [0, 0.1) is 41.0 Å². The number of alkyl halides is 5. The Morgan fingerprint density at radius 3 is 2.02 bits per heavy atom. The lowest BCUT2D eigenvalue weighted by Gasteiger charge is -2.22. The maximum Gasteiger partial charge on any atom is 0.432 e. The van der Waals surface area contributed by atoms with Crippen molar-refractivity contribution in [1.82, 2.24) is 0 Å². The van der Waals surface area contributed by atoms with Crippen molar-refractivity contribution in [3.05, 3.63) is 112 Å². The van der Waals surface area contributed by atoms with E-state index in [1.165, 1.54) is 12.2 Å². The third-order valence-electron chi connectivity index (χ3n) is 6.75. The minimum absolute atomic E-state index is 0.0146. The summed E-state index contributed by atoms with van der Waals surface area (Å²) in [6.07, 6.45) is -2.21. The molecule has 0 N–H and O–H groups in total. The highest BCUT2D eigenvalue weighted by molar-refractivity contribution is 5.45. The molecule has 0 fully saturated rings. The maximum absolute atomic E-state index is 14.7. The Morgan fingerprint density at radius 1 is 0.841 bits per heavy atom. The Hall–Kier alpha value is -4.14. The van der Waals surface area contributed by atoms with Crippen LogP contribution in [0.3, 0.4) is 0 Å². The van der Waals surface area contributed by atoms with E-state index < -0.39 is 70.1 Å². The minimum Gasteiger partial charge on any atom is -0.493 e. The third kappa shape index (κ3) is 7.68. The smallest absolute Gasteiger partial charge is 0.432 e. The highest BCUT2D eigenvalue weighted by atomic mass is 19.4. The Bertz CT molecular complexity index is 1540. The van der Waals surface area contributed by atoms with Crippen LogP contribution in [0.5, 0.6) is 5.75 Å². The number of benzene rings is 2. The van der Waals surface area contributed by atoms with Crippen LogP contribution in [0.15, 0.2) is 71.8 Å². The molecule has 2 aliphatic carbocycles. The molecule has 2 aromatic carbocycles. The molecular formula is C32H24F10O2. The first-order valence-corrected chi connectivity index (χ1v) is 13.4. The fourth-order valence-electron chi connectivity index (χ4n) is 4.49. The van der Waals surface area contributed by atoms with Crippen molar-refractivity contribution in [3.8, 4) is 17.6 Å². The summed E-state index contributed by atoms with van der Waals surface area (Å²) in [5.41, 5.74) is -3.27. The van der Waals surface area contributed by atoms with E-state index in [0.29, 0.717) is 42.3 Å². The van der Waals surface area contributed by atoms with Gasteiger partial charge in [-0.2, -0.15) is 22.0 Å². The van der Waals surface area contributed by atoms with Crippen molar-refractivity contribution in [2.75, 3.05) is 6.61 Å². The molecule has 0 amide bonds. The fourth-order valence-corrected chi connectivity index (χ4v) is 4.49. The molecule has 0 aromatic heterocycles. The summed E-state index contributed by atoms with van der Waals surface area (Å²) in [5, 5.41) is 0. The summed E-state index contributed by atoms with van der Waals surface area (Å²) >= 11 is 0. The van der Waals surface area contributed by atoms with Crippen LogP contribution in [0.25, 0.3) is 0 Å². The molecule has 4 rings (SSSR count). The third-order valence-corrected chi connectivity index (χ3v) is 6.75. The quantitative estimate of drug-likeness (QED) is 0.164. The molecule has 2 aliphatic rings. The zero-order chi connectivity index (χ0) is 32.2. The molecule has 0 saturated carbocycles. The average molecular weight is 631 g/mol.